The Morgan fingerprint density at radius 3 is 2.89 bits per heavy atom. The van der Waals surface area contributed by atoms with E-state index in [0.717, 1.165) is 11.5 Å². The zero-order valence-electron chi connectivity index (χ0n) is 5.50. The molecule has 0 saturated heterocycles. The first-order valence-corrected chi connectivity index (χ1v) is 4.00. The summed E-state index contributed by atoms with van der Waals surface area (Å²) in [7, 11) is 0. The Hall–Kier alpha value is -0.380. The molecule has 0 spiro atoms. The number of oxime groups is 1. The van der Waals surface area contributed by atoms with Crippen molar-refractivity contribution in [2.45, 2.75) is 13.3 Å². The minimum atomic E-state index is 0.316. The number of nitrogens with two attached hydrogens (primary N) is 1. The topological polar surface area (TPSA) is 58.6 Å². The maximum absolute atomic E-state index is 8.09. The van der Waals surface area contributed by atoms with Crippen molar-refractivity contribution in [2.75, 3.05) is 11.5 Å². The first-order valence-electron chi connectivity index (χ1n) is 2.85. The van der Waals surface area contributed by atoms with Crippen LogP contribution in [-0.4, -0.2) is 22.5 Å². The first-order chi connectivity index (χ1) is 4.31. The Morgan fingerprint density at radius 1 is 1.78 bits per heavy atom. The van der Waals surface area contributed by atoms with E-state index in [1.807, 2.05) is 0 Å². The van der Waals surface area contributed by atoms with Crippen LogP contribution in [0, 0.1) is 0 Å². The van der Waals surface area contributed by atoms with Crippen molar-refractivity contribution >= 4 is 17.6 Å². The van der Waals surface area contributed by atoms with Crippen LogP contribution in [0.3, 0.4) is 0 Å². The molecule has 0 rings (SSSR count). The van der Waals surface area contributed by atoms with Crippen LogP contribution in [0.1, 0.15) is 13.3 Å². The quantitative estimate of drug-likeness (QED) is 0.204. The average Bonchev–Trinajstić information content (AvgIpc) is 1.89. The maximum Gasteiger partial charge on any atom is 0.139 e. The lowest BCUT2D eigenvalue weighted by Crippen LogP contribution is -2.11. The normalized spacial score (nSPS) is 11.9. The maximum atomic E-state index is 8.09. The molecule has 4 heteroatoms. The van der Waals surface area contributed by atoms with Gasteiger partial charge in [0.15, 0.2) is 0 Å². The lowest BCUT2D eigenvalue weighted by atomic mass is 10.5. The molecule has 0 aliphatic carbocycles. The van der Waals surface area contributed by atoms with E-state index in [9.17, 15) is 0 Å². The fraction of sp³-hybridized carbons (Fsp3) is 0.800. The van der Waals surface area contributed by atoms with Crippen LogP contribution in [0.5, 0.6) is 0 Å². The number of hydrogen-bond acceptors (Lipinski definition) is 3. The highest BCUT2D eigenvalue weighted by atomic mass is 32.2. The summed E-state index contributed by atoms with van der Waals surface area (Å²) in [5.41, 5.74) is 5.20. The van der Waals surface area contributed by atoms with Gasteiger partial charge in [-0.05, 0) is 5.75 Å². The van der Waals surface area contributed by atoms with E-state index >= 15 is 0 Å². The summed E-state index contributed by atoms with van der Waals surface area (Å²) in [4.78, 5) is 0. The van der Waals surface area contributed by atoms with Gasteiger partial charge in [0.1, 0.15) is 5.84 Å². The minimum Gasteiger partial charge on any atom is -0.409 e. The predicted octanol–water partition coefficient (Wildman–Crippen LogP) is 0.876. The highest BCUT2D eigenvalue weighted by molar-refractivity contribution is 7.99. The van der Waals surface area contributed by atoms with Gasteiger partial charge in [-0.15, -0.1) is 0 Å². The zero-order chi connectivity index (χ0) is 7.11. The third kappa shape index (κ3) is 5.49. The van der Waals surface area contributed by atoms with Gasteiger partial charge in [-0.25, -0.2) is 0 Å². The van der Waals surface area contributed by atoms with Gasteiger partial charge in [0.05, 0.1) is 0 Å². The second kappa shape index (κ2) is 5.75. The number of nitrogens with zero attached hydrogens (tertiary/aromatic N) is 1. The van der Waals surface area contributed by atoms with Crippen LogP contribution in [0.25, 0.3) is 0 Å². The summed E-state index contributed by atoms with van der Waals surface area (Å²) < 4.78 is 0. The standard InChI is InChI=1S/C5H12N2OS/c1-2-9-4-3-5(6)7-8/h8H,2-4H2,1H3,(H2,6,7). The van der Waals surface area contributed by atoms with E-state index < -0.39 is 0 Å². The molecule has 0 aliphatic heterocycles. The van der Waals surface area contributed by atoms with Gasteiger partial charge in [0.2, 0.25) is 0 Å². The molecule has 0 amide bonds. The molecule has 0 aromatic carbocycles. The Balaban J connectivity index is 3.07. The summed E-state index contributed by atoms with van der Waals surface area (Å²) in [6.45, 7) is 2.08. The second-order valence-corrected chi connectivity index (χ2v) is 2.93. The fourth-order valence-corrected chi connectivity index (χ4v) is 1.01. The smallest absolute Gasteiger partial charge is 0.139 e. The van der Waals surface area contributed by atoms with Crippen LogP contribution in [0.4, 0.5) is 0 Å². The molecule has 0 heterocycles. The van der Waals surface area contributed by atoms with Crippen molar-refractivity contribution in [2.24, 2.45) is 10.9 Å². The summed E-state index contributed by atoms with van der Waals surface area (Å²) in [5.74, 6) is 2.33. The molecule has 0 aliphatic rings. The molecule has 0 saturated carbocycles. The fourth-order valence-electron chi connectivity index (χ4n) is 0.371. The van der Waals surface area contributed by atoms with Gasteiger partial charge >= 0.3 is 0 Å². The number of amidine groups is 1. The molecule has 3 nitrogen and oxygen atoms in total. The third-order valence-corrected chi connectivity index (χ3v) is 1.74. The zero-order valence-corrected chi connectivity index (χ0v) is 6.32. The van der Waals surface area contributed by atoms with Gasteiger partial charge in [-0.1, -0.05) is 12.1 Å². The van der Waals surface area contributed by atoms with E-state index in [0.29, 0.717) is 12.3 Å². The Bertz CT molecular complexity index is 95.0. The molecule has 0 unspecified atom stereocenters. The summed E-state index contributed by atoms with van der Waals surface area (Å²) >= 11 is 1.78. The molecular formula is C5H12N2OS. The largest absolute Gasteiger partial charge is 0.409 e. The van der Waals surface area contributed by atoms with Crippen LogP contribution in [0.15, 0.2) is 5.16 Å². The second-order valence-electron chi connectivity index (χ2n) is 1.54. The minimum absolute atomic E-state index is 0.316. The van der Waals surface area contributed by atoms with E-state index in [4.69, 9.17) is 10.9 Å². The van der Waals surface area contributed by atoms with Crippen LogP contribution in [-0.2, 0) is 0 Å². The van der Waals surface area contributed by atoms with Crippen molar-refractivity contribution < 1.29 is 5.21 Å². The van der Waals surface area contributed by atoms with Crippen molar-refractivity contribution in [3.8, 4) is 0 Å². The number of rotatable bonds is 4. The van der Waals surface area contributed by atoms with Gasteiger partial charge in [0, 0.05) is 12.2 Å². The average molecular weight is 148 g/mol. The number of hydrogen-bond donors (Lipinski definition) is 2. The summed E-state index contributed by atoms with van der Waals surface area (Å²) in [6, 6.07) is 0. The van der Waals surface area contributed by atoms with Gasteiger partial charge in [0.25, 0.3) is 0 Å². The van der Waals surface area contributed by atoms with Crippen molar-refractivity contribution in [1.29, 1.82) is 0 Å². The lowest BCUT2D eigenvalue weighted by Gasteiger charge is -1.94. The van der Waals surface area contributed by atoms with Crippen molar-refractivity contribution in [3.05, 3.63) is 0 Å². The monoisotopic (exact) mass is 148 g/mol. The van der Waals surface area contributed by atoms with Crippen LogP contribution < -0.4 is 5.73 Å². The molecular weight excluding hydrogens is 136 g/mol. The third-order valence-electron chi connectivity index (χ3n) is 0.835. The predicted molar refractivity (Wildman–Crippen MR) is 41.0 cm³/mol. The van der Waals surface area contributed by atoms with Crippen LogP contribution in [0.2, 0.25) is 0 Å². The molecule has 0 aromatic heterocycles. The highest BCUT2D eigenvalue weighted by Crippen LogP contribution is 1.99. The van der Waals surface area contributed by atoms with E-state index in [-0.39, 0.29) is 0 Å². The Morgan fingerprint density at radius 2 is 2.44 bits per heavy atom. The summed E-state index contributed by atoms with van der Waals surface area (Å²) in [6.07, 6.45) is 0.676. The first kappa shape index (κ1) is 8.62. The summed E-state index contributed by atoms with van der Waals surface area (Å²) in [5, 5.41) is 10.9. The highest BCUT2D eigenvalue weighted by Gasteiger charge is 1.90. The molecule has 3 N–H and O–H groups in total. The molecule has 0 radical (unpaired) electrons. The number of thioether (sulfide) groups is 1. The molecule has 0 bridgehead atoms. The van der Waals surface area contributed by atoms with Crippen LogP contribution >= 0.6 is 11.8 Å². The Kier molecular flexibility index (Phi) is 5.51. The molecule has 54 valence electrons. The molecule has 0 fully saturated rings. The van der Waals surface area contributed by atoms with E-state index in [1.54, 1.807) is 11.8 Å². The van der Waals surface area contributed by atoms with Gasteiger partial charge in [-0.3, -0.25) is 0 Å². The van der Waals surface area contributed by atoms with Crippen molar-refractivity contribution in [3.63, 3.8) is 0 Å². The van der Waals surface area contributed by atoms with E-state index in [2.05, 4.69) is 12.1 Å². The molecule has 9 heavy (non-hydrogen) atoms. The van der Waals surface area contributed by atoms with Gasteiger partial charge < -0.3 is 10.9 Å². The SMILES string of the molecule is CCSCC/C(N)=N/O. The Labute approximate surface area is 59.3 Å². The lowest BCUT2D eigenvalue weighted by molar-refractivity contribution is 0.317. The molecule has 0 aromatic rings. The van der Waals surface area contributed by atoms with Crippen molar-refractivity contribution in [1.82, 2.24) is 0 Å². The van der Waals surface area contributed by atoms with Gasteiger partial charge in [-0.2, -0.15) is 11.8 Å². The molecule has 0 atom stereocenters. The van der Waals surface area contributed by atoms with E-state index in [1.165, 1.54) is 0 Å².